The summed E-state index contributed by atoms with van der Waals surface area (Å²) in [6.07, 6.45) is 0. The molecule has 108 valence electrons. The molecule has 0 aliphatic carbocycles. The van der Waals surface area contributed by atoms with E-state index in [2.05, 4.69) is 4.98 Å². The summed E-state index contributed by atoms with van der Waals surface area (Å²) in [7, 11) is 0. The third-order valence-electron chi connectivity index (χ3n) is 3.56. The highest BCUT2D eigenvalue weighted by Crippen LogP contribution is 2.34. The first-order valence-electron chi connectivity index (χ1n) is 6.95. The highest BCUT2D eigenvalue weighted by atomic mass is 19.1. The van der Waals surface area contributed by atoms with Crippen LogP contribution < -0.4 is 0 Å². The second-order valence-corrected chi connectivity index (χ2v) is 5.55. The number of phenolic OH excluding ortho intramolecular Hbond substituents is 1. The topological polar surface area (TPSA) is 38.1 Å². The number of imidazole rings is 1. The van der Waals surface area contributed by atoms with Crippen LogP contribution in [0, 0.1) is 12.7 Å². The maximum atomic E-state index is 13.5. The molecule has 2 aromatic carbocycles. The van der Waals surface area contributed by atoms with Crippen molar-refractivity contribution >= 4 is 11.0 Å². The van der Waals surface area contributed by atoms with Crippen molar-refractivity contribution in [2.75, 3.05) is 0 Å². The zero-order valence-electron chi connectivity index (χ0n) is 12.3. The van der Waals surface area contributed by atoms with Gasteiger partial charge in [0, 0.05) is 6.04 Å². The summed E-state index contributed by atoms with van der Waals surface area (Å²) in [5, 5.41) is 10.1. The summed E-state index contributed by atoms with van der Waals surface area (Å²) < 4.78 is 15.5. The lowest BCUT2D eigenvalue weighted by atomic mass is 10.1. The van der Waals surface area contributed by atoms with E-state index in [9.17, 15) is 9.50 Å². The van der Waals surface area contributed by atoms with Gasteiger partial charge in [-0.1, -0.05) is 11.6 Å². The van der Waals surface area contributed by atoms with Gasteiger partial charge in [-0.25, -0.2) is 9.37 Å². The van der Waals surface area contributed by atoms with Crippen molar-refractivity contribution in [3.05, 3.63) is 47.8 Å². The number of hydrogen-bond acceptors (Lipinski definition) is 2. The summed E-state index contributed by atoms with van der Waals surface area (Å²) in [6, 6.07) is 10.1. The zero-order valence-corrected chi connectivity index (χ0v) is 12.3. The highest BCUT2D eigenvalue weighted by Gasteiger charge is 2.18. The summed E-state index contributed by atoms with van der Waals surface area (Å²) in [4.78, 5) is 4.58. The molecule has 1 aromatic heterocycles. The molecule has 0 atom stereocenters. The van der Waals surface area contributed by atoms with Crippen molar-refractivity contribution in [2.45, 2.75) is 26.8 Å². The Bertz CT molecular complexity index is 821. The number of aryl methyl sites for hydroxylation is 1. The molecule has 0 bridgehead atoms. The molecule has 3 aromatic rings. The first-order chi connectivity index (χ1) is 9.97. The Balaban J connectivity index is 2.36. The molecule has 3 rings (SSSR count). The lowest BCUT2D eigenvalue weighted by molar-refractivity contribution is 0.476. The fraction of sp³-hybridized carbons (Fsp3) is 0.235. The van der Waals surface area contributed by atoms with E-state index in [1.54, 1.807) is 12.1 Å². The number of nitrogens with zero attached hydrogens (tertiary/aromatic N) is 2. The third-order valence-corrected chi connectivity index (χ3v) is 3.56. The molecule has 0 fully saturated rings. The highest BCUT2D eigenvalue weighted by molar-refractivity contribution is 5.82. The van der Waals surface area contributed by atoms with Crippen molar-refractivity contribution in [1.29, 1.82) is 0 Å². The number of benzene rings is 2. The second kappa shape index (κ2) is 4.88. The van der Waals surface area contributed by atoms with Crippen molar-refractivity contribution in [3.63, 3.8) is 0 Å². The van der Waals surface area contributed by atoms with E-state index in [0.717, 1.165) is 16.6 Å². The number of aromatic hydroxyl groups is 1. The van der Waals surface area contributed by atoms with Gasteiger partial charge < -0.3 is 9.67 Å². The van der Waals surface area contributed by atoms with Gasteiger partial charge in [0.25, 0.3) is 0 Å². The summed E-state index contributed by atoms with van der Waals surface area (Å²) in [5.41, 5.74) is 3.17. The first-order valence-corrected chi connectivity index (χ1v) is 6.95. The lowest BCUT2D eigenvalue weighted by Gasteiger charge is -2.14. The van der Waals surface area contributed by atoms with Crippen molar-refractivity contribution in [2.24, 2.45) is 0 Å². The number of phenols is 1. The van der Waals surface area contributed by atoms with Crippen LogP contribution in [0.15, 0.2) is 36.4 Å². The average Bonchev–Trinajstić information content (AvgIpc) is 2.79. The van der Waals surface area contributed by atoms with Gasteiger partial charge in [0.05, 0.1) is 16.6 Å². The molecular weight excluding hydrogens is 267 g/mol. The van der Waals surface area contributed by atoms with E-state index in [-0.39, 0.29) is 17.6 Å². The van der Waals surface area contributed by atoms with E-state index in [1.165, 1.54) is 12.1 Å². The number of fused-ring (bicyclic) bond motifs is 1. The van der Waals surface area contributed by atoms with Gasteiger partial charge in [-0.05, 0) is 51.1 Å². The van der Waals surface area contributed by atoms with E-state index in [0.29, 0.717) is 11.4 Å². The predicted molar refractivity (Wildman–Crippen MR) is 81.9 cm³/mol. The van der Waals surface area contributed by atoms with Crippen LogP contribution in [0.5, 0.6) is 5.75 Å². The number of halogens is 1. The number of rotatable bonds is 2. The first kappa shape index (κ1) is 13.6. The van der Waals surface area contributed by atoms with Gasteiger partial charge in [0.2, 0.25) is 0 Å². The Morgan fingerprint density at radius 1 is 1.14 bits per heavy atom. The van der Waals surface area contributed by atoms with Gasteiger partial charge >= 0.3 is 0 Å². The van der Waals surface area contributed by atoms with E-state index in [4.69, 9.17) is 0 Å². The Hall–Kier alpha value is -2.36. The molecule has 4 heteroatoms. The quantitative estimate of drug-likeness (QED) is 0.755. The van der Waals surface area contributed by atoms with Crippen LogP contribution in [0.25, 0.3) is 22.4 Å². The van der Waals surface area contributed by atoms with E-state index in [1.807, 2.05) is 37.5 Å². The summed E-state index contributed by atoms with van der Waals surface area (Å²) in [5.74, 6) is 0.550. The van der Waals surface area contributed by atoms with Crippen molar-refractivity contribution in [3.8, 4) is 17.1 Å². The number of hydrogen-bond donors (Lipinski definition) is 1. The lowest BCUT2D eigenvalue weighted by Crippen LogP contribution is -2.03. The Morgan fingerprint density at radius 2 is 1.90 bits per heavy atom. The molecular formula is C17H17FN2O. The predicted octanol–water partition coefficient (Wildman–Crippen LogP) is 4.44. The molecule has 1 heterocycles. The zero-order chi connectivity index (χ0) is 15.1. The fourth-order valence-corrected chi connectivity index (χ4v) is 2.61. The van der Waals surface area contributed by atoms with Gasteiger partial charge in [0.15, 0.2) is 0 Å². The van der Waals surface area contributed by atoms with E-state index < -0.39 is 0 Å². The van der Waals surface area contributed by atoms with Crippen molar-refractivity contribution in [1.82, 2.24) is 9.55 Å². The van der Waals surface area contributed by atoms with Crippen LogP contribution in [0.4, 0.5) is 4.39 Å². The van der Waals surface area contributed by atoms with Crippen LogP contribution in [0.2, 0.25) is 0 Å². The van der Waals surface area contributed by atoms with Gasteiger partial charge in [-0.15, -0.1) is 0 Å². The molecule has 0 saturated carbocycles. The van der Waals surface area contributed by atoms with Crippen LogP contribution in [0.1, 0.15) is 25.5 Å². The SMILES string of the molecule is Cc1ccc(O)c(-c2nc3ccc(F)cc3n2C(C)C)c1. The van der Waals surface area contributed by atoms with Crippen LogP contribution >= 0.6 is 0 Å². The molecule has 0 saturated heterocycles. The summed E-state index contributed by atoms with van der Waals surface area (Å²) >= 11 is 0. The third kappa shape index (κ3) is 2.27. The molecule has 1 N–H and O–H groups in total. The minimum Gasteiger partial charge on any atom is -0.507 e. The van der Waals surface area contributed by atoms with Gasteiger partial charge in [-0.2, -0.15) is 0 Å². The molecule has 0 radical (unpaired) electrons. The second-order valence-electron chi connectivity index (χ2n) is 5.55. The average molecular weight is 284 g/mol. The summed E-state index contributed by atoms with van der Waals surface area (Å²) in [6.45, 7) is 6.00. The minimum absolute atomic E-state index is 0.103. The maximum absolute atomic E-state index is 13.5. The molecule has 0 unspecified atom stereocenters. The molecule has 21 heavy (non-hydrogen) atoms. The minimum atomic E-state index is -0.288. The Morgan fingerprint density at radius 3 is 2.62 bits per heavy atom. The van der Waals surface area contributed by atoms with E-state index >= 15 is 0 Å². The molecule has 3 nitrogen and oxygen atoms in total. The molecule has 0 aliphatic heterocycles. The normalized spacial score (nSPS) is 11.5. The Labute approximate surface area is 122 Å². The van der Waals surface area contributed by atoms with Crippen molar-refractivity contribution < 1.29 is 9.50 Å². The monoisotopic (exact) mass is 284 g/mol. The standard InChI is InChI=1S/C17H17FN2O/c1-10(2)20-15-9-12(18)5-6-14(15)19-17(20)13-8-11(3)4-7-16(13)21/h4-10,21H,1-3H3. The van der Waals surface area contributed by atoms with Crippen LogP contribution in [0.3, 0.4) is 0 Å². The molecule has 0 spiro atoms. The smallest absolute Gasteiger partial charge is 0.145 e. The molecule has 0 amide bonds. The maximum Gasteiger partial charge on any atom is 0.145 e. The van der Waals surface area contributed by atoms with Gasteiger partial charge in [-0.3, -0.25) is 0 Å². The van der Waals surface area contributed by atoms with Gasteiger partial charge in [0.1, 0.15) is 17.4 Å². The molecule has 0 aliphatic rings. The Kier molecular flexibility index (Phi) is 3.16. The fourth-order valence-electron chi connectivity index (χ4n) is 2.61. The van der Waals surface area contributed by atoms with Crippen LogP contribution in [-0.2, 0) is 0 Å². The number of aromatic nitrogens is 2. The largest absolute Gasteiger partial charge is 0.507 e. The van der Waals surface area contributed by atoms with Crippen LogP contribution in [-0.4, -0.2) is 14.7 Å².